The first-order valence-electron chi connectivity index (χ1n) is 6.68. The van der Waals surface area contributed by atoms with E-state index in [2.05, 4.69) is 50.6 Å². The van der Waals surface area contributed by atoms with Gasteiger partial charge in [-0.1, -0.05) is 26.0 Å². The number of hydrogen-bond acceptors (Lipinski definition) is 1. The van der Waals surface area contributed by atoms with Gasteiger partial charge in [0.1, 0.15) is 0 Å². The van der Waals surface area contributed by atoms with E-state index in [1.54, 1.807) is 0 Å². The van der Waals surface area contributed by atoms with E-state index in [0.29, 0.717) is 11.5 Å². The SMILES string of the molecule is C=CCC1C=CN(C2CC2C)C(C)(CC)C1. The van der Waals surface area contributed by atoms with Gasteiger partial charge >= 0.3 is 0 Å². The highest BCUT2D eigenvalue weighted by Crippen LogP contribution is 2.44. The van der Waals surface area contributed by atoms with Crippen LogP contribution in [0.25, 0.3) is 0 Å². The summed E-state index contributed by atoms with van der Waals surface area (Å²) in [4.78, 5) is 2.64. The Morgan fingerprint density at radius 1 is 1.56 bits per heavy atom. The van der Waals surface area contributed by atoms with Gasteiger partial charge in [-0.2, -0.15) is 0 Å². The van der Waals surface area contributed by atoms with Crippen LogP contribution in [0, 0.1) is 11.8 Å². The molecule has 0 bridgehead atoms. The van der Waals surface area contributed by atoms with Gasteiger partial charge in [-0.25, -0.2) is 0 Å². The van der Waals surface area contributed by atoms with Crippen LogP contribution in [-0.4, -0.2) is 16.5 Å². The lowest BCUT2D eigenvalue weighted by molar-refractivity contribution is 0.105. The molecule has 0 N–H and O–H groups in total. The fourth-order valence-corrected chi connectivity index (χ4v) is 3.04. The number of nitrogens with zero attached hydrogens (tertiary/aromatic N) is 1. The van der Waals surface area contributed by atoms with Gasteiger partial charge in [0.2, 0.25) is 0 Å². The normalized spacial score (nSPS) is 42.2. The lowest BCUT2D eigenvalue weighted by Crippen LogP contribution is -2.47. The van der Waals surface area contributed by atoms with Crippen LogP contribution in [0.5, 0.6) is 0 Å². The molecule has 2 aliphatic rings. The first-order chi connectivity index (χ1) is 7.60. The van der Waals surface area contributed by atoms with Crippen molar-refractivity contribution in [1.82, 2.24) is 4.90 Å². The molecule has 0 saturated heterocycles. The van der Waals surface area contributed by atoms with Gasteiger partial charge in [0, 0.05) is 11.6 Å². The lowest BCUT2D eigenvalue weighted by atomic mass is 9.81. The standard InChI is InChI=1S/C15H25N/c1-5-7-13-8-9-16(14-10-12(14)3)15(4,6-2)11-13/h5,8-9,12-14H,1,6-7,10-11H2,2-4H3. The van der Waals surface area contributed by atoms with Crippen LogP contribution in [0.3, 0.4) is 0 Å². The van der Waals surface area contributed by atoms with E-state index in [1.807, 2.05) is 0 Å². The summed E-state index contributed by atoms with van der Waals surface area (Å²) in [6, 6.07) is 0.811. The Balaban J connectivity index is 2.12. The maximum absolute atomic E-state index is 3.86. The second-order valence-electron chi connectivity index (χ2n) is 5.87. The Bertz CT molecular complexity index is 294. The fraction of sp³-hybridized carbons (Fsp3) is 0.733. The van der Waals surface area contributed by atoms with Gasteiger partial charge in [0.15, 0.2) is 0 Å². The van der Waals surface area contributed by atoms with E-state index in [1.165, 1.54) is 19.3 Å². The highest BCUT2D eigenvalue weighted by molar-refractivity contribution is 5.11. The van der Waals surface area contributed by atoms with Crippen molar-refractivity contribution in [1.29, 1.82) is 0 Å². The molecule has 1 saturated carbocycles. The van der Waals surface area contributed by atoms with Crippen LogP contribution >= 0.6 is 0 Å². The maximum atomic E-state index is 3.86. The largest absolute Gasteiger partial charge is 0.369 e. The predicted octanol–water partition coefficient (Wildman–Crippen LogP) is 3.98. The van der Waals surface area contributed by atoms with Crippen molar-refractivity contribution in [2.24, 2.45) is 11.8 Å². The van der Waals surface area contributed by atoms with Gasteiger partial charge in [0.25, 0.3) is 0 Å². The smallest absolute Gasteiger partial charge is 0.0374 e. The fourth-order valence-electron chi connectivity index (χ4n) is 3.04. The van der Waals surface area contributed by atoms with E-state index in [9.17, 15) is 0 Å². The van der Waals surface area contributed by atoms with Crippen LogP contribution in [-0.2, 0) is 0 Å². The third-order valence-electron chi connectivity index (χ3n) is 4.50. The number of rotatable bonds is 4. The van der Waals surface area contributed by atoms with Crippen LogP contribution < -0.4 is 0 Å². The minimum absolute atomic E-state index is 0.373. The highest BCUT2D eigenvalue weighted by Gasteiger charge is 2.45. The lowest BCUT2D eigenvalue weighted by Gasteiger charge is -2.46. The van der Waals surface area contributed by atoms with E-state index >= 15 is 0 Å². The number of allylic oxidation sites excluding steroid dienone is 2. The minimum atomic E-state index is 0.373. The number of hydrogen-bond donors (Lipinski definition) is 0. The average Bonchev–Trinajstić information content (AvgIpc) is 2.96. The molecule has 1 nitrogen and oxygen atoms in total. The summed E-state index contributed by atoms with van der Waals surface area (Å²) in [5.41, 5.74) is 0.373. The van der Waals surface area contributed by atoms with E-state index in [-0.39, 0.29) is 0 Å². The third-order valence-corrected chi connectivity index (χ3v) is 4.50. The molecule has 2 rings (SSSR count). The molecule has 1 heteroatoms. The van der Waals surface area contributed by atoms with Crippen molar-refractivity contribution in [3.8, 4) is 0 Å². The molecule has 0 amide bonds. The molecular formula is C15H25N. The summed E-state index contributed by atoms with van der Waals surface area (Å²) in [6.45, 7) is 11.0. The monoisotopic (exact) mass is 219 g/mol. The second kappa shape index (κ2) is 4.27. The molecule has 0 radical (unpaired) electrons. The molecule has 1 heterocycles. The maximum Gasteiger partial charge on any atom is 0.0374 e. The molecule has 1 fully saturated rings. The Hall–Kier alpha value is -0.720. The van der Waals surface area contributed by atoms with Crippen LogP contribution in [0.2, 0.25) is 0 Å². The topological polar surface area (TPSA) is 3.24 Å². The second-order valence-corrected chi connectivity index (χ2v) is 5.87. The molecule has 4 unspecified atom stereocenters. The zero-order valence-electron chi connectivity index (χ0n) is 10.9. The Labute approximate surface area is 100 Å². The highest BCUT2D eigenvalue weighted by atomic mass is 15.2. The predicted molar refractivity (Wildman–Crippen MR) is 70.2 cm³/mol. The van der Waals surface area contributed by atoms with Crippen molar-refractivity contribution in [2.75, 3.05) is 0 Å². The van der Waals surface area contributed by atoms with Crippen molar-refractivity contribution in [3.63, 3.8) is 0 Å². The molecule has 0 spiro atoms. The van der Waals surface area contributed by atoms with E-state index in [0.717, 1.165) is 18.4 Å². The van der Waals surface area contributed by atoms with Crippen LogP contribution in [0.1, 0.15) is 46.5 Å². The minimum Gasteiger partial charge on any atom is -0.369 e. The summed E-state index contributed by atoms with van der Waals surface area (Å²) in [6.07, 6.45) is 11.9. The average molecular weight is 219 g/mol. The summed E-state index contributed by atoms with van der Waals surface area (Å²) < 4.78 is 0. The quantitative estimate of drug-likeness (QED) is 0.647. The van der Waals surface area contributed by atoms with Gasteiger partial charge in [-0.05, 0) is 50.6 Å². The molecule has 90 valence electrons. The molecule has 16 heavy (non-hydrogen) atoms. The first-order valence-corrected chi connectivity index (χ1v) is 6.68. The summed E-state index contributed by atoms with van der Waals surface area (Å²) in [5.74, 6) is 1.60. The van der Waals surface area contributed by atoms with Gasteiger partial charge in [-0.15, -0.1) is 6.58 Å². The molecular weight excluding hydrogens is 194 g/mol. The van der Waals surface area contributed by atoms with Crippen molar-refractivity contribution in [2.45, 2.75) is 58.0 Å². The summed E-state index contributed by atoms with van der Waals surface area (Å²) in [7, 11) is 0. The van der Waals surface area contributed by atoms with Crippen LogP contribution in [0.4, 0.5) is 0 Å². The molecule has 0 aromatic rings. The first kappa shape index (κ1) is 11.8. The van der Waals surface area contributed by atoms with Gasteiger partial charge in [-0.3, -0.25) is 0 Å². The van der Waals surface area contributed by atoms with Crippen molar-refractivity contribution < 1.29 is 0 Å². The summed E-state index contributed by atoms with van der Waals surface area (Å²) >= 11 is 0. The van der Waals surface area contributed by atoms with E-state index in [4.69, 9.17) is 0 Å². The zero-order valence-corrected chi connectivity index (χ0v) is 10.9. The molecule has 1 aliphatic carbocycles. The molecule has 0 aromatic heterocycles. The van der Waals surface area contributed by atoms with Crippen LogP contribution in [0.15, 0.2) is 24.9 Å². The van der Waals surface area contributed by atoms with Gasteiger partial charge in [0.05, 0.1) is 0 Å². The molecule has 4 atom stereocenters. The Morgan fingerprint density at radius 2 is 2.25 bits per heavy atom. The Morgan fingerprint density at radius 3 is 2.75 bits per heavy atom. The third kappa shape index (κ3) is 2.05. The molecule has 1 aliphatic heterocycles. The van der Waals surface area contributed by atoms with Crippen molar-refractivity contribution in [3.05, 3.63) is 24.9 Å². The van der Waals surface area contributed by atoms with Gasteiger partial charge < -0.3 is 4.90 Å². The summed E-state index contributed by atoms with van der Waals surface area (Å²) in [5, 5.41) is 0. The van der Waals surface area contributed by atoms with E-state index < -0.39 is 0 Å². The Kier molecular flexibility index (Phi) is 3.14. The zero-order chi connectivity index (χ0) is 11.8. The van der Waals surface area contributed by atoms with Crippen molar-refractivity contribution >= 4 is 0 Å². The molecule has 0 aromatic carbocycles.